The van der Waals surface area contributed by atoms with E-state index in [9.17, 15) is 4.79 Å². The second-order valence-corrected chi connectivity index (χ2v) is 6.85. The Morgan fingerprint density at radius 2 is 1.54 bits per heavy atom. The molecule has 5 rings (SSSR count). The summed E-state index contributed by atoms with van der Waals surface area (Å²) in [5, 5.41) is 9.77. The molecule has 1 N–H and O–H groups in total. The van der Waals surface area contributed by atoms with Gasteiger partial charge in [-0.2, -0.15) is 0 Å². The van der Waals surface area contributed by atoms with Crippen LogP contribution in [0.1, 0.15) is 0 Å². The summed E-state index contributed by atoms with van der Waals surface area (Å²) in [7, 11) is 0. The number of aromatic amines is 1. The van der Waals surface area contributed by atoms with E-state index in [4.69, 9.17) is 0 Å². The van der Waals surface area contributed by atoms with Crippen LogP contribution >= 0.6 is 11.3 Å². The topological polar surface area (TPSA) is 71.5 Å². The van der Waals surface area contributed by atoms with Crippen LogP contribution in [0.3, 0.4) is 0 Å². The molecule has 0 bridgehead atoms. The lowest BCUT2D eigenvalue weighted by Crippen LogP contribution is -2.03. The zero-order chi connectivity index (χ0) is 17.5. The predicted octanol–water partition coefficient (Wildman–Crippen LogP) is 4.26. The molecule has 0 aliphatic rings. The second-order valence-electron chi connectivity index (χ2n) is 5.85. The van der Waals surface area contributed by atoms with E-state index in [1.165, 1.54) is 17.7 Å². The number of hydrogen-bond donors (Lipinski definition) is 1. The molecule has 0 amide bonds. The van der Waals surface area contributed by atoms with Crippen LogP contribution in [-0.4, -0.2) is 20.2 Å². The van der Waals surface area contributed by atoms with Crippen LogP contribution in [0.4, 0.5) is 0 Å². The Morgan fingerprint density at radius 3 is 2.27 bits per heavy atom. The minimum atomic E-state index is -0.154. The van der Waals surface area contributed by atoms with Crippen molar-refractivity contribution in [2.45, 2.75) is 0 Å². The van der Waals surface area contributed by atoms with E-state index >= 15 is 0 Å². The lowest BCUT2D eigenvalue weighted by atomic mass is 9.97. The first kappa shape index (κ1) is 14.9. The van der Waals surface area contributed by atoms with E-state index in [-0.39, 0.29) is 5.56 Å². The number of H-pyrrole nitrogens is 1. The van der Waals surface area contributed by atoms with Gasteiger partial charge in [0.05, 0.1) is 11.8 Å². The van der Waals surface area contributed by atoms with E-state index in [2.05, 4.69) is 20.2 Å². The average Bonchev–Trinajstić information content (AvgIpc) is 3.09. The van der Waals surface area contributed by atoms with Crippen molar-refractivity contribution in [2.24, 2.45) is 0 Å². The molecule has 3 aromatic heterocycles. The van der Waals surface area contributed by atoms with Gasteiger partial charge in [0.1, 0.15) is 15.2 Å². The number of benzene rings is 2. The van der Waals surface area contributed by atoms with Gasteiger partial charge in [-0.1, -0.05) is 60.7 Å². The fourth-order valence-electron chi connectivity index (χ4n) is 3.15. The highest BCUT2D eigenvalue weighted by Gasteiger charge is 2.20. The van der Waals surface area contributed by atoms with Gasteiger partial charge in [-0.3, -0.25) is 4.79 Å². The van der Waals surface area contributed by atoms with Crippen molar-refractivity contribution < 1.29 is 0 Å². The first-order chi connectivity index (χ1) is 12.8. The molecule has 0 spiro atoms. The standard InChI is InChI=1S/C20H12N4OS/c25-19-18-17(21-11-22-19)15-14(12-7-3-1-4-8-12)16(23-24-20(15)26-18)13-9-5-2-6-10-13/h1-11H,(H,21,22,25). The van der Waals surface area contributed by atoms with Gasteiger partial charge in [-0.25, -0.2) is 4.98 Å². The Hall–Kier alpha value is -3.38. The van der Waals surface area contributed by atoms with E-state index < -0.39 is 0 Å². The van der Waals surface area contributed by atoms with Crippen LogP contribution in [0.25, 0.3) is 42.8 Å². The number of fused-ring (bicyclic) bond motifs is 3. The number of aromatic nitrogens is 4. The molecule has 26 heavy (non-hydrogen) atoms. The summed E-state index contributed by atoms with van der Waals surface area (Å²) >= 11 is 1.32. The van der Waals surface area contributed by atoms with Gasteiger partial charge in [0.2, 0.25) is 0 Å². The Balaban J connectivity index is 1.99. The first-order valence-corrected chi connectivity index (χ1v) is 8.92. The number of thiophene rings is 1. The predicted molar refractivity (Wildman–Crippen MR) is 104 cm³/mol. The summed E-state index contributed by atoms with van der Waals surface area (Å²) in [6.45, 7) is 0. The number of rotatable bonds is 2. The highest BCUT2D eigenvalue weighted by atomic mass is 32.1. The summed E-state index contributed by atoms with van der Waals surface area (Å²) < 4.78 is 0.569. The minimum absolute atomic E-state index is 0.154. The van der Waals surface area contributed by atoms with E-state index in [1.54, 1.807) is 0 Å². The van der Waals surface area contributed by atoms with Crippen LogP contribution in [0, 0.1) is 0 Å². The Labute approximate surface area is 152 Å². The molecule has 0 saturated carbocycles. The average molecular weight is 356 g/mol. The fraction of sp³-hybridized carbons (Fsp3) is 0. The van der Waals surface area contributed by atoms with Crippen molar-refractivity contribution >= 4 is 31.8 Å². The summed E-state index contributed by atoms with van der Waals surface area (Å²) in [6, 6.07) is 20.0. The maximum absolute atomic E-state index is 12.2. The van der Waals surface area contributed by atoms with E-state index in [0.717, 1.165) is 27.8 Å². The Kier molecular flexibility index (Phi) is 3.36. The normalized spacial score (nSPS) is 11.2. The molecule has 0 fully saturated rings. The number of nitrogens with one attached hydrogen (secondary N) is 1. The monoisotopic (exact) mass is 356 g/mol. The number of nitrogens with zero attached hydrogens (tertiary/aromatic N) is 3. The summed E-state index contributed by atoms with van der Waals surface area (Å²) in [6.07, 6.45) is 1.44. The maximum Gasteiger partial charge on any atom is 0.268 e. The number of hydrogen-bond acceptors (Lipinski definition) is 5. The zero-order valence-corrected chi connectivity index (χ0v) is 14.3. The molecule has 3 heterocycles. The fourth-order valence-corrected chi connectivity index (χ4v) is 4.13. The van der Waals surface area contributed by atoms with Crippen LogP contribution < -0.4 is 5.56 Å². The molecule has 124 valence electrons. The molecule has 0 atom stereocenters. The molecule has 6 heteroatoms. The van der Waals surface area contributed by atoms with Crippen LogP contribution in [0.2, 0.25) is 0 Å². The van der Waals surface area contributed by atoms with Gasteiger partial charge < -0.3 is 4.98 Å². The van der Waals surface area contributed by atoms with Gasteiger partial charge in [0.25, 0.3) is 5.56 Å². The van der Waals surface area contributed by atoms with Crippen molar-refractivity contribution in [3.05, 3.63) is 77.3 Å². The second kappa shape index (κ2) is 5.86. The molecule has 0 unspecified atom stereocenters. The molecule has 5 aromatic rings. The lowest BCUT2D eigenvalue weighted by molar-refractivity contribution is 1.09. The largest absolute Gasteiger partial charge is 0.312 e. The van der Waals surface area contributed by atoms with E-state index in [1.807, 2.05) is 60.7 Å². The van der Waals surface area contributed by atoms with E-state index in [0.29, 0.717) is 15.0 Å². The van der Waals surface area contributed by atoms with Crippen molar-refractivity contribution in [1.82, 2.24) is 20.2 Å². The van der Waals surface area contributed by atoms with Gasteiger partial charge in [-0.05, 0) is 5.56 Å². The zero-order valence-electron chi connectivity index (χ0n) is 13.5. The van der Waals surface area contributed by atoms with Gasteiger partial charge in [0, 0.05) is 16.5 Å². The van der Waals surface area contributed by atoms with Crippen molar-refractivity contribution in [3.8, 4) is 22.4 Å². The molecule has 0 saturated heterocycles. The van der Waals surface area contributed by atoms with Gasteiger partial charge in [0.15, 0.2) is 0 Å². The smallest absolute Gasteiger partial charge is 0.268 e. The molecular weight excluding hydrogens is 344 g/mol. The van der Waals surface area contributed by atoms with Gasteiger partial charge in [-0.15, -0.1) is 21.5 Å². The third-order valence-electron chi connectivity index (χ3n) is 4.30. The molecule has 2 aromatic carbocycles. The Bertz CT molecular complexity index is 1290. The third-order valence-corrected chi connectivity index (χ3v) is 5.36. The minimum Gasteiger partial charge on any atom is -0.312 e. The van der Waals surface area contributed by atoms with Gasteiger partial charge >= 0.3 is 0 Å². The lowest BCUT2D eigenvalue weighted by Gasteiger charge is -2.10. The summed E-state index contributed by atoms with van der Waals surface area (Å²) in [5.41, 5.74) is 4.24. The molecule has 0 radical (unpaired) electrons. The summed E-state index contributed by atoms with van der Waals surface area (Å²) in [4.78, 5) is 20.0. The highest BCUT2D eigenvalue weighted by molar-refractivity contribution is 7.25. The third kappa shape index (κ3) is 2.23. The summed E-state index contributed by atoms with van der Waals surface area (Å²) in [5.74, 6) is 0. The van der Waals surface area contributed by atoms with Crippen LogP contribution in [0.15, 0.2) is 71.8 Å². The molecule has 0 aliphatic heterocycles. The molecular formula is C20H12N4OS. The molecule has 5 nitrogen and oxygen atoms in total. The highest BCUT2D eigenvalue weighted by Crippen LogP contribution is 2.40. The Morgan fingerprint density at radius 1 is 0.846 bits per heavy atom. The van der Waals surface area contributed by atoms with Crippen LogP contribution in [-0.2, 0) is 0 Å². The van der Waals surface area contributed by atoms with Crippen molar-refractivity contribution in [3.63, 3.8) is 0 Å². The quantitative estimate of drug-likeness (QED) is 0.513. The molecule has 0 aliphatic carbocycles. The van der Waals surface area contributed by atoms with Crippen molar-refractivity contribution in [1.29, 1.82) is 0 Å². The first-order valence-electron chi connectivity index (χ1n) is 8.10. The van der Waals surface area contributed by atoms with Crippen molar-refractivity contribution in [2.75, 3.05) is 0 Å². The van der Waals surface area contributed by atoms with Crippen LogP contribution in [0.5, 0.6) is 0 Å². The maximum atomic E-state index is 12.2. The SMILES string of the molecule is O=c1[nH]cnc2c1sc1nnc(-c3ccccc3)c(-c3ccccc3)c12.